The topological polar surface area (TPSA) is 29.5 Å². The van der Waals surface area contributed by atoms with E-state index in [2.05, 4.69) is 181 Å². The fourth-order valence-corrected chi connectivity index (χ4v) is 8.25. The molecule has 0 radical (unpaired) electrons. The quantitative estimate of drug-likeness (QED) is 0.173. The van der Waals surface area contributed by atoms with E-state index in [1.807, 2.05) is 24.3 Å². The SMILES string of the molecule is c1ccc(-c2ccc(-c3ccc(N(c4ccc(-c5ccccc5)cc4)c4cc5oc6ccc7oc8ccccc8c7c6c5c5ccccc45)cc3)cc2)cc1. The third-order valence-electron chi connectivity index (χ3n) is 10.9. The molecule has 258 valence electrons. The van der Waals surface area contributed by atoms with E-state index in [0.717, 1.165) is 77.3 Å². The van der Waals surface area contributed by atoms with Crippen molar-refractivity contribution in [3.63, 3.8) is 0 Å². The van der Waals surface area contributed by atoms with Crippen LogP contribution in [0.4, 0.5) is 17.1 Å². The Morgan fingerprint density at radius 2 is 0.673 bits per heavy atom. The minimum atomic E-state index is 0.836. The summed E-state index contributed by atoms with van der Waals surface area (Å²) in [5, 5.41) is 6.63. The van der Waals surface area contributed by atoms with Crippen molar-refractivity contribution >= 4 is 71.7 Å². The lowest BCUT2D eigenvalue weighted by atomic mass is 9.98. The van der Waals surface area contributed by atoms with E-state index < -0.39 is 0 Å². The van der Waals surface area contributed by atoms with E-state index in [-0.39, 0.29) is 0 Å². The number of para-hydroxylation sites is 1. The number of hydrogen-bond acceptors (Lipinski definition) is 3. The second kappa shape index (κ2) is 12.6. The molecule has 55 heavy (non-hydrogen) atoms. The predicted molar refractivity (Wildman–Crippen MR) is 229 cm³/mol. The van der Waals surface area contributed by atoms with Crippen molar-refractivity contribution in [1.82, 2.24) is 0 Å². The highest BCUT2D eigenvalue weighted by Gasteiger charge is 2.23. The zero-order chi connectivity index (χ0) is 36.3. The first-order chi connectivity index (χ1) is 27.3. The van der Waals surface area contributed by atoms with Crippen LogP contribution in [0.3, 0.4) is 0 Å². The van der Waals surface area contributed by atoms with Crippen LogP contribution in [-0.2, 0) is 0 Å². The summed E-state index contributed by atoms with van der Waals surface area (Å²) in [6.45, 7) is 0. The fourth-order valence-electron chi connectivity index (χ4n) is 8.25. The molecular formula is C52H33NO2. The van der Waals surface area contributed by atoms with Gasteiger partial charge < -0.3 is 13.7 Å². The number of hydrogen-bond donors (Lipinski definition) is 0. The van der Waals surface area contributed by atoms with Gasteiger partial charge in [-0.05, 0) is 81.2 Å². The molecule has 0 aliphatic heterocycles. The first-order valence-corrected chi connectivity index (χ1v) is 18.7. The Hall–Kier alpha value is -7.36. The Morgan fingerprint density at radius 3 is 1.24 bits per heavy atom. The van der Waals surface area contributed by atoms with E-state index in [1.165, 1.54) is 27.8 Å². The van der Waals surface area contributed by atoms with E-state index in [4.69, 9.17) is 8.83 Å². The van der Waals surface area contributed by atoms with Crippen molar-refractivity contribution in [3.05, 3.63) is 200 Å². The summed E-state index contributed by atoms with van der Waals surface area (Å²) >= 11 is 0. The molecular weight excluding hydrogens is 671 g/mol. The molecule has 3 heteroatoms. The Morgan fingerprint density at radius 1 is 0.273 bits per heavy atom. The summed E-state index contributed by atoms with van der Waals surface area (Å²) in [6.07, 6.45) is 0. The second-order valence-corrected chi connectivity index (χ2v) is 14.1. The smallest absolute Gasteiger partial charge is 0.138 e. The minimum absolute atomic E-state index is 0.836. The number of furan rings is 2. The molecule has 0 atom stereocenters. The zero-order valence-electron chi connectivity index (χ0n) is 29.8. The van der Waals surface area contributed by atoms with Crippen LogP contribution in [0.15, 0.2) is 209 Å². The average Bonchev–Trinajstić information content (AvgIpc) is 3.83. The molecule has 0 amide bonds. The molecule has 0 saturated heterocycles. The highest BCUT2D eigenvalue weighted by molar-refractivity contribution is 6.32. The summed E-state index contributed by atoms with van der Waals surface area (Å²) < 4.78 is 13.1. The van der Waals surface area contributed by atoms with Gasteiger partial charge >= 0.3 is 0 Å². The summed E-state index contributed by atoms with van der Waals surface area (Å²) in [5.41, 5.74) is 13.7. The van der Waals surface area contributed by atoms with Crippen LogP contribution in [0.2, 0.25) is 0 Å². The molecule has 9 aromatic carbocycles. The Balaban J connectivity index is 1.09. The van der Waals surface area contributed by atoms with Gasteiger partial charge in [0.1, 0.15) is 22.3 Å². The molecule has 0 aliphatic rings. The Bertz CT molecular complexity index is 3160. The van der Waals surface area contributed by atoms with Gasteiger partial charge in [-0.1, -0.05) is 152 Å². The number of rotatable bonds is 6. The maximum absolute atomic E-state index is 6.78. The Labute approximate surface area is 317 Å². The molecule has 0 aliphatic carbocycles. The summed E-state index contributed by atoms with van der Waals surface area (Å²) in [7, 11) is 0. The van der Waals surface area contributed by atoms with Crippen LogP contribution in [0.5, 0.6) is 0 Å². The maximum atomic E-state index is 6.78. The van der Waals surface area contributed by atoms with E-state index in [0.29, 0.717) is 0 Å². The van der Waals surface area contributed by atoms with Crippen LogP contribution in [0.25, 0.3) is 88.0 Å². The molecule has 2 aromatic heterocycles. The summed E-state index contributed by atoms with van der Waals surface area (Å²) in [5.74, 6) is 0. The molecule has 11 aromatic rings. The highest BCUT2D eigenvalue weighted by Crippen LogP contribution is 2.47. The van der Waals surface area contributed by atoms with Crippen LogP contribution >= 0.6 is 0 Å². The lowest BCUT2D eigenvalue weighted by Crippen LogP contribution is -2.10. The number of nitrogens with zero attached hydrogens (tertiary/aromatic N) is 1. The van der Waals surface area contributed by atoms with Crippen molar-refractivity contribution in [2.45, 2.75) is 0 Å². The largest absolute Gasteiger partial charge is 0.456 e. The van der Waals surface area contributed by atoms with Crippen molar-refractivity contribution < 1.29 is 8.83 Å². The minimum Gasteiger partial charge on any atom is -0.456 e. The predicted octanol–water partition coefficient (Wildman–Crippen LogP) is 15.1. The van der Waals surface area contributed by atoms with Gasteiger partial charge in [-0.2, -0.15) is 0 Å². The van der Waals surface area contributed by atoms with Gasteiger partial charge in [0.15, 0.2) is 0 Å². The number of benzene rings is 9. The molecule has 0 spiro atoms. The molecule has 0 fully saturated rings. The number of anilines is 3. The van der Waals surface area contributed by atoms with Gasteiger partial charge in [0.2, 0.25) is 0 Å². The Kier molecular flexibility index (Phi) is 7.17. The van der Waals surface area contributed by atoms with E-state index in [1.54, 1.807) is 0 Å². The molecule has 0 bridgehead atoms. The van der Waals surface area contributed by atoms with Crippen molar-refractivity contribution in [1.29, 1.82) is 0 Å². The fraction of sp³-hybridized carbons (Fsp3) is 0. The first-order valence-electron chi connectivity index (χ1n) is 18.7. The third-order valence-corrected chi connectivity index (χ3v) is 10.9. The summed E-state index contributed by atoms with van der Waals surface area (Å²) in [6, 6.07) is 70.9. The standard InChI is InChI=1S/C52H33NO2/c1-3-11-34(12-4-1)36-19-21-37(22-20-36)39-25-29-41(30-26-39)53(40-27-23-38(24-28-40)35-13-5-2-6-14-35)45-33-49-50(43-16-8-7-15-42(43)45)52-48(55-49)32-31-47-51(52)44-17-9-10-18-46(44)54-47/h1-33H. The van der Waals surface area contributed by atoms with Gasteiger partial charge in [0, 0.05) is 44.4 Å². The van der Waals surface area contributed by atoms with Crippen molar-refractivity contribution in [2.75, 3.05) is 4.90 Å². The van der Waals surface area contributed by atoms with Crippen molar-refractivity contribution in [2.24, 2.45) is 0 Å². The van der Waals surface area contributed by atoms with Gasteiger partial charge in [-0.25, -0.2) is 0 Å². The molecule has 0 N–H and O–H groups in total. The molecule has 11 rings (SSSR count). The third kappa shape index (κ3) is 5.20. The molecule has 0 unspecified atom stereocenters. The average molecular weight is 704 g/mol. The molecule has 0 saturated carbocycles. The van der Waals surface area contributed by atoms with Gasteiger partial charge in [0.05, 0.1) is 5.69 Å². The highest BCUT2D eigenvalue weighted by atomic mass is 16.3. The lowest BCUT2D eigenvalue weighted by Gasteiger charge is -2.27. The molecule has 2 heterocycles. The van der Waals surface area contributed by atoms with Crippen LogP contribution < -0.4 is 4.90 Å². The monoisotopic (exact) mass is 703 g/mol. The van der Waals surface area contributed by atoms with E-state index in [9.17, 15) is 0 Å². The maximum Gasteiger partial charge on any atom is 0.138 e. The van der Waals surface area contributed by atoms with Crippen LogP contribution in [0, 0.1) is 0 Å². The zero-order valence-corrected chi connectivity index (χ0v) is 29.8. The molecule has 3 nitrogen and oxygen atoms in total. The van der Waals surface area contributed by atoms with Crippen molar-refractivity contribution in [3.8, 4) is 33.4 Å². The lowest BCUT2D eigenvalue weighted by molar-refractivity contribution is 0.663. The van der Waals surface area contributed by atoms with Gasteiger partial charge in [-0.3, -0.25) is 0 Å². The summed E-state index contributed by atoms with van der Waals surface area (Å²) in [4.78, 5) is 2.36. The van der Waals surface area contributed by atoms with Crippen LogP contribution in [0.1, 0.15) is 0 Å². The normalized spacial score (nSPS) is 11.6. The second-order valence-electron chi connectivity index (χ2n) is 14.1. The number of fused-ring (bicyclic) bond motifs is 9. The first kappa shape index (κ1) is 31.2. The van der Waals surface area contributed by atoms with Gasteiger partial charge in [-0.15, -0.1) is 0 Å². The van der Waals surface area contributed by atoms with Gasteiger partial charge in [0.25, 0.3) is 0 Å². The van der Waals surface area contributed by atoms with Crippen LogP contribution in [-0.4, -0.2) is 0 Å². The van der Waals surface area contributed by atoms with E-state index >= 15 is 0 Å².